The Balaban J connectivity index is 1.13. The van der Waals surface area contributed by atoms with Gasteiger partial charge in [0.25, 0.3) is 0 Å². The van der Waals surface area contributed by atoms with Crippen LogP contribution in [0.3, 0.4) is 0 Å². The molecule has 0 N–H and O–H groups in total. The minimum atomic E-state index is -0.404. The van der Waals surface area contributed by atoms with E-state index >= 15 is 0 Å². The number of benzene rings is 4. The van der Waals surface area contributed by atoms with Crippen LogP contribution in [0.4, 0.5) is 17.1 Å². The van der Waals surface area contributed by atoms with Gasteiger partial charge in [0.05, 0.1) is 48.1 Å². The molecule has 0 fully saturated rings. The number of methoxy groups -OCH3 is 2. The average Bonchev–Trinajstić information content (AvgIpc) is 3.24. The van der Waals surface area contributed by atoms with E-state index in [1.807, 2.05) is 89.8 Å². The zero-order valence-corrected chi connectivity index (χ0v) is 29.1. The van der Waals surface area contributed by atoms with Crippen molar-refractivity contribution in [2.75, 3.05) is 19.1 Å². The van der Waals surface area contributed by atoms with Crippen LogP contribution >= 0.6 is 0 Å². The van der Waals surface area contributed by atoms with Crippen molar-refractivity contribution in [1.82, 2.24) is 15.0 Å². The zero-order valence-electron chi connectivity index (χ0n) is 29.1. The minimum absolute atomic E-state index is 0.404. The second-order valence-corrected chi connectivity index (χ2v) is 12.0. The molecule has 0 aliphatic heterocycles. The molecule has 0 unspecified atom stereocenters. The summed E-state index contributed by atoms with van der Waals surface area (Å²) in [7, 11) is 2.72. The van der Waals surface area contributed by atoms with Crippen molar-refractivity contribution in [2.24, 2.45) is 0 Å². The summed E-state index contributed by atoms with van der Waals surface area (Å²) in [6.07, 6.45) is 7.70. The van der Waals surface area contributed by atoms with Gasteiger partial charge in [0.1, 0.15) is 0 Å². The quantitative estimate of drug-likeness (QED) is 0.103. The Morgan fingerprint density at radius 3 is 1.30 bits per heavy atom. The van der Waals surface area contributed by atoms with Crippen LogP contribution in [0.5, 0.6) is 0 Å². The van der Waals surface area contributed by atoms with Crippen LogP contribution in [0.25, 0.3) is 46.1 Å². The molecule has 0 aliphatic carbocycles. The third kappa shape index (κ3) is 7.92. The van der Waals surface area contributed by atoms with E-state index in [9.17, 15) is 9.59 Å². The predicted molar refractivity (Wildman–Crippen MR) is 209 cm³/mol. The Bertz CT molecular complexity index is 2240. The maximum absolute atomic E-state index is 12.1. The van der Waals surface area contributed by atoms with Crippen LogP contribution in [0, 0.1) is 0 Å². The summed E-state index contributed by atoms with van der Waals surface area (Å²) in [5.41, 5.74) is 10.8. The molecule has 0 saturated heterocycles. The normalized spacial score (nSPS) is 10.9. The van der Waals surface area contributed by atoms with E-state index in [-0.39, 0.29) is 0 Å². The van der Waals surface area contributed by atoms with Crippen molar-refractivity contribution in [3.8, 4) is 33.9 Å². The van der Waals surface area contributed by atoms with Gasteiger partial charge < -0.3 is 14.4 Å². The molecule has 0 spiro atoms. The summed E-state index contributed by atoms with van der Waals surface area (Å²) in [6, 6.07) is 46.7. The van der Waals surface area contributed by atoms with Gasteiger partial charge in [-0.2, -0.15) is 0 Å². The first-order valence-corrected chi connectivity index (χ1v) is 16.9. The lowest BCUT2D eigenvalue weighted by atomic mass is 10.0. The molecular formula is C45H34N4O4. The van der Waals surface area contributed by atoms with Gasteiger partial charge in [-0.1, -0.05) is 60.7 Å². The fourth-order valence-corrected chi connectivity index (χ4v) is 5.88. The van der Waals surface area contributed by atoms with Gasteiger partial charge in [-0.25, -0.2) is 14.6 Å². The molecule has 8 heteroatoms. The molecular weight excluding hydrogens is 661 g/mol. The Morgan fingerprint density at radius 1 is 0.491 bits per heavy atom. The first-order valence-electron chi connectivity index (χ1n) is 16.9. The average molecular weight is 695 g/mol. The first kappa shape index (κ1) is 34.3. The summed E-state index contributed by atoms with van der Waals surface area (Å²) < 4.78 is 9.75. The lowest BCUT2D eigenvalue weighted by Crippen LogP contribution is -2.11. The molecule has 0 atom stereocenters. The smallest absolute Gasteiger partial charge is 0.337 e. The number of pyridine rings is 3. The van der Waals surface area contributed by atoms with Crippen molar-refractivity contribution in [3.63, 3.8) is 0 Å². The van der Waals surface area contributed by atoms with Gasteiger partial charge in [0, 0.05) is 29.5 Å². The number of carbonyl (C=O) groups is 2. The molecule has 7 aromatic rings. The molecule has 258 valence electrons. The van der Waals surface area contributed by atoms with Crippen LogP contribution in [0.2, 0.25) is 0 Å². The van der Waals surface area contributed by atoms with E-state index in [2.05, 4.69) is 58.5 Å². The maximum Gasteiger partial charge on any atom is 0.337 e. The number of esters is 2. The molecule has 0 bridgehead atoms. The molecule has 0 saturated carbocycles. The molecule has 0 radical (unpaired) electrons. The van der Waals surface area contributed by atoms with Crippen LogP contribution < -0.4 is 4.90 Å². The predicted octanol–water partition coefficient (Wildman–Crippen LogP) is 10.1. The van der Waals surface area contributed by atoms with Crippen molar-refractivity contribution in [3.05, 3.63) is 180 Å². The third-order valence-electron chi connectivity index (χ3n) is 8.64. The number of carbonyl (C=O) groups excluding carboxylic acids is 2. The fourth-order valence-electron chi connectivity index (χ4n) is 5.88. The monoisotopic (exact) mass is 694 g/mol. The summed E-state index contributed by atoms with van der Waals surface area (Å²) in [6.45, 7) is 0. The Morgan fingerprint density at radius 2 is 0.906 bits per heavy atom. The van der Waals surface area contributed by atoms with Crippen molar-refractivity contribution in [2.45, 2.75) is 0 Å². The highest BCUT2D eigenvalue weighted by Crippen LogP contribution is 2.35. The van der Waals surface area contributed by atoms with Crippen LogP contribution in [0.15, 0.2) is 158 Å². The topological polar surface area (TPSA) is 94.5 Å². The molecule has 0 aliphatic rings. The highest BCUT2D eigenvalue weighted by molar-refractivity contribution is 5.92. The SMILES string of the molecule is COC(=O)c1ccc(N(c2ccc(/C=C/c3ccc(-c4cc(-c5ccccn5)nc(-c5ccccn5)c4)cc3)cc2)c2ccc(C(=O)OC)cc2)cc1. The summed E-state index contributed by atoms with van der Waals surface area (Å²) in [5.74, 6) is -0.809. The Labute approximate surface area is 307 Å². The molecule has 3 heterocycles. The lowest BCUT2D eigenvalue weighted by molar-refractivity contribution is 0.0592. The Kier molecular flexibility index (Phi) is 10.2. The van der Waals surface area contributed by atoms with E-state index < -0.39 is 11.9 Å². The third-order valence-corrected chi connectivity index (χ3v) is 8.64. The molecule has 7 rings (SSSR count). The first-order chi connectivity index (χ1) is 26.0. The van der Waals surface area contributed by atoms with Gasteiger partial charge in [0.2, 0.25) is 0 Å². The number of anilines is 3. The summed E-state index contributed by atoms with van der Waals surface area (Å²) >= 11 is 0. The van der Waals surface area contributed by atoms with Crippen molar-refractivity contribution < 1.29 is 19.1 Å². The molecule has 0 amide bonds. The van der Waals surface area contributed by atoms with Crippen molar-refractivity contribution in [1.29, 1.82) is 0 Å². The summed E-state index contributed by atoms with van der Waals surface area (Å²) in [5, 5.41) is 0. The number of hydrogen-bond acceptors (Lipinski definition) is 8. The number of ether oxygens (including phenoxy) is 2. The largest absolute Gasteiger partial charge is 0.465 e. The molecule has 4 aromatic carbocycles. The standard InChI is InChI=1S/C45H34N4O4/c1-52-44(50)34-17-23-38(24-18-34)49(39-25-19-35(20-26-39)45(51)53-2)37-21-13-32(14-22-37)10-9-31-11-15-33(16-12-31)36-29-42(40-7-3-5-27-46-40)48-43(30-36)41-8-4-6-28-47-41/h3-30H,1-2H3/b10-9+. The van der Waals surface area contributed by atoms with E-state index in [0.29, 0.717) is 11.1 Å². The van der Waals surface area contributed by atoms with Gasteiger partial charge >= 0.3 is 11.9 Å². The number of hydrogen-bond donors (Lipinski definition) is 0. The molecule has 53 heavy (non-hydrogen) atoms. The highest BCUT2D eigenvalue weighted by atomic mass is 16.5. The van der Waals surface area contributed by atoms with Gasteiger partial charge in [-0.3, -0.25) is 9.97 Å². The second-order valence-electron chi connectivity index (χ2n) is 12.0. The summed E-state index contributed by atoms with van der Waals surface area (Å²) in [4.78, 5) is 40.1. The van der Waals surface area contributed by atoms with E-state index in [4.69, 9.17) is 14.5 Å². The lowest BCUT2D eigenvalue weighted by Gasteiger charge is -2.26. The number of nitrogens with zero attached hydrogens (tertiary/aromatic N) is 4. The van der Waals surface area contributed by atoms with E-state index in [1.54, 1.807) is 36.7 Å². The number of aromatic nitrogens is 3. The fraction of sp³-hybridized carbons (Fsp3) is 0.0444. The van der Waals surface area contributed by atoms with Crippen LogP contribution in [0.1, 0.15) is 31.8 Å². The van der Waals surface area contributed by atoms with E-state index in [0.717, 1.165) is 62.1 Å². The Hall–Kier alpha value is -7.19. The van der Waals surface area contributed by atoms with Gasteiger partial charge in [-0.05, 0) is 119 Å². The molecule has 8 nitrogen and oxygen atoms in total. The highest BCUT2D eigenvalue weighted by Gasteiger charge is 2.16. The minimum Gasteiger partial charge on any atom is -0.465 e. The van der Waals surface area contributed by atoms with Crippen LogP contribution in [-0.4, -0.2) is 41.1 Å². The van der Waals surface area contributed by atoms with Crippen molar-refractivity contribution >= 4 is 41.2 Å². The van der Waals surface area contributed by atoms with Crippen LogP contribution in [-0.2, 0) is 9.47 Å². The van der Waals surface area contributed by atoms with Gasteiger partial charge in [0.15, 0.2) is 0 Å². The molecule has 3 aromatic heterocycles. The van der Waals surface area contributed by atoms with E-state index in [1.165, 1.54) is 14.2 Å². The maximum atomic E-state index is 12.1. The number of rotatable bonds is 10. The van der Waals surface area contributed by atoms with Gasteiger partial charge in [-0.15, -0.1) is 0 Å². The second kappa shape index (κ2) is 15.8. The zero-order chi connectivity index (χ0) is 36.6.